The summed E-state index contributed by atoms with van der Waals surface area (Å²) in [7, 11) is 1.67. The Morgan fingerprint density at radius 2 is 1.71 bits per heavy atom. The zero-order chi connectivity index (χ0) is 17.0. The third-order valence-electron chi connectivity index (χ3n) is 3.68. The van der Waals surface area contributed by atoms with Gasteiger partial charge in [-0.05, 0) is 25.2 Å². The molecule has 24 heavy (non-hydrogen) atoms. The lowest BCUT2D eigenvalue weighted by Crippen LogP contribution is -2.52. The Bertz CT molecular complexity index is 588. The average molecular weight is 366 g/mol. The Hall–Kier alpha value is -1.80. The fourth-order valence-corrected chi connectivity index (χ4v) is 2.43. The molecule has 1 aromatic rings. The van der Waals surface area contributed by atoms with Crippen LogP contribution >= 0.6 is 12.4 Å². The number of halogens is 4. The van der Waals surface area contributed by atoms with Crippen molar-refractivity contribution in [2.75, 3.05) is 39.8 Å². The molecule has 0 spiro atoms. The SMILES string of the molecule is CNCC(=O)N1CCN(C(=O)c2cccc(C(F)(F)F)c2)CC1.Cl. The molecular formula is C15H19ClF3N3O2. The van der Waals surface area contributed by atoms with Crippen molar-refractivity contribution in [3.05, 3.63) is 35.4 Å². The van der Waals surface area contributed by atoms with E-state index >= 15 is 0 Å². The standard InChI is InChI=1S/C15H18F3N3O2.ClH/c1-19-10-13(22)20-5-7-21(8-6-20)14(23)11-3-2-4-12(9-11)15(16,17)18;/h2-4,9,19H,5-8,10H2,1H3;1H. The van der Waals surface area contributed by atoms with Gasteiger partial charge in [0.25, 0.3) is 5.91 Å². The molecule has 9 heteroatoms. The van der Waals surface area contributed by atoms with Gasteiger partial charge < -0.3 is 15.1 Å². The number of piperazine rings is 1. The van der Waals surface area contributed by atoms with Gasteiger partial charge in [0, 0.05) is 31.7 Å². The molecule has 2 amide bonds. The minimum absolute atomic E-state index is 0. The molecule has 1 heterocycles. The number of carbonyl (C=O) groups excluding carboxylic acids is 2. The molecule has 1 aromatic carbocycles. The number of amides is 2. The monoisotopic (exact) mass is 365 g/mol. The highest BCUT2D eigenvalue weighted by molar-refractivity contribution is 5.94. The van der Waals surface area contributed by atoms with Gasteiger partial charge in [-0.25, -0.2) is 0 Å². The van der Waals surface area contributed by atoms with Gasteiger partial charge in [0.05, 0.1) is 12.1 Å². The number of benzene rings is 1. The van der Waals surface area contributed by atoms with Gasteiger partial charge >= 0.3 is 6.18 Å². The highest BCUT2D eigenvalue weighted by atomic mass is 35.5. The molecule has 1 saturated heterocycles. The second-order valence-corrected chi connectivity index (χ2v) is 5.28. The summed E-state index contributed by atoms with van der Waals surface area (Å²) >= 11 is 0. The summed E-state index contributed by atoms with van der Waals surface area (Å²) in [5.74, 6) is -0.504. The minimum Gasteiger partial charge on any atom is -0.338 e. The molecule has 134 valence electrons. The molecule has 2 rings (SSSR count). The number of alkyl halides is 3. The van der Waals surface area contributed by atoms with Gasteiger partial charge in [-0.15, -0.1) is 12.4 Å². The topological polar surface area (TPSA) is 52.7 Å². The van der Waals surface area contributed by atoms with Crippen LogP contribution in [-0.4, -0.2) is 61.4 Å². The summed E-state index contributed by atoms with van der Waals surface area (Å²) in [5.41, 5.74) is -0.832. The third kappa shape index (κ3) is 4.85. The Labute approximate surface area is 144 Å². The first kappa shape index (κ1) is 20.2. The fourth-order valence-electron chi connectivity index (χ4n) is 2.43. The summed E-state index contributed by atoms with van der Waals surface area (Å²) < 4.78 is 38.1. The number of nitrogens with zero attached hydrogens (tertiary/aromatic N) is 2. The molecule has 1 aliphatic rings. The van der Waals surface area contributed by atoms with Crippen LogP contribution in [0.4, 0.5) is 13.2 Å². The maximum atomic E-state index is 12.7. The maximum absolute atomic E-state index is 12.7. The quantitative estimate of drug-likeness (QED) is 0.886. The summed E-state index contributed by atoms with van der Waals surface area (Å²) in [6.45, 7) is 1.60. The first-order valence-corrected chi connectivity index (χ1v) is 7.22. The molecule has 0 aromatic heterocycles. The molecule has 0 saturated carbocycles. The van der Waals surface area contributed by atoms with Gasteiger partial charge in [0.2, 0.25) is 5.91 Å². The van der Waals surface area contributed by atoms with Crippen molar-refractivity contribution in [2.45, 2.75) is 6.18 Å². The van der Waals surface area contributed by atoms with Crippen LogP contribution in [0.5, 0.6) is 0 Å². The van der Waals surface area contributed by atoms with Crippen LogP contribution < -0.4 is 5.32 Å². The maximum Gasteiger partial charge on any atom is 0.416 e. The summed E-state index contributed by atoms with van der Waals surface area (Å²) in [5, 5.41) is 2.77. The molecule has 1 aliphatic heterocycles. The molecule has 1 fully saturated rings. The molecular weight excluding hydrogens is 347 g/mol. The van der Waals surface area contributed by atoms with Crippen LogP contribution in [0.25, 0.3) is 0 Å². The van der Waals surface area contributed by atoms with Crippen LogP contribution in [0.1, 0.15) is 15.9 Å². The summed E-state index contributed by atoms with van der Waals surface area (Å²) in [6, 6.07) is 4.39. The number of hydrogen-bond donors (Lipinski definition) is 1. The predicted octanol–water partition coefficient (Wildman–Crippen LogP) is 1.63. The average Bonchev–Trinajstić information content (AvgIpc) is 2.54. The lowest BCUT2D eigenvalue weighted by atomic mass is 10.1. The van der Waals surface area contributed by atoms with Gasteiger partial charge in [-0.3, -0.25) is 9.59 Å². The van der Waals surface area contributed by atoms with E-state index in [-0.39, 0.29) is 30.4 Å². The van der Waals surface area contributed by atoms with Crippen LogP contribution in [0.3, 0.4) is 0 Å². The lowest BCUT2D eigenvalue weighted by molar-refractivity contribution is -0.137. The van der Waals surface area contributed by atoms with Crippen molar-refractivity contribution in [3.63, 3.8) is 0 Å². The first-order valence-electron chi connectivity index (χ1n) is 7.22. The number of likely N-dealkylation sites (N-methyl/N-ethyl adjacent to an activating group) is 1. The van der Waals surface area contributed by atoms with E-state index in [1.807, 2.05) is 0 Å². The van der Waals surface area contributed by atoms with E-state index in [2.05, 4.69) is 5.32 Å². The summed E-state index contributed by atoms with van der Waals surface area (Å²) in [6.07, 6.45) is -4.48. The van der Waals surface area contributed by atoms with E-state index < -0.39 is 17.6 Å². The van der Waals surface area contributed by atoms with Crippen molar-refractivity contribution in [2.24, 2.45) is 0 Å². The highest BCUT2D eigenvalue weighted by Crippen LogP contribution is 2.29. The lowest BCUT2D eigenvalue weighted by Gasteiger charge is -2.34. The van der Waals surface area contributed by atoms with Crippen molar-refractivity contribution >= 4 is 24.2 Å². The molecule has 5 nitrogen and oxygen atoms in total. The van der Waals surface area contributed by atoms with E-state index in [0.29, 0.717) is 26.2 Å². The van der Waals surface area contributed by atoms with Crippen molar-refractivity contribution < 1.29 is 22.8 Å². The third-order valence-corrected chi connectivity index (χ3v) is 3.68. The van der Waals surface area contributed by atoms with Crippen molar-refractivity contribution in [1.29, 1.82) is 0 Å². The predicted molar refractivity (Wildman–Crippen MR) is 85.1 cm³/mol. The van der Waals surface area contributed by atoms with E-state index in [9.17, 15) is 22.8 Å². The van der Waals surface area contributed by atoms with Crippen LogP contribution in [0, 0.1) is 0 Å². The van der Waals surface area contributed by atoms with Crippen LogP contribution in [-0.2, 0) is 11.0 Å². The molecule has 0 radical (unpaired) electrons. The van der Waals surface area contributed by atoms with Gasteiger partial charge in [0.1, 0.15) is 0 Å². The summed E-state index contributed by atoms with van der Waals surface area (Å²) in [4.78, 5) is 27.2. The first-order chi connectivity index (χ1) is 10.8. The normalized spacial score (nSPS) is 15.0. The smallest absolute Gasteiger partial charge is 0.338 e. The van der Waals surface area contributed by atoms with E-state index in [0.717, 1.165) is 12.1 Å². The second-order valence-electron chi connectivity index (χ2n) is 5.28. The second kappa shape index (κ2) is 8.34. The zero-order valence-electron chi connectivity index (χ0n) is 13.1. The molecule has 0 bridgehead atoms. The van der Waals surface area contributed by atoms with Crippen LogP contribution in [0.15, 0.2) is 24.3 Å². The zero-order valence-corrected chi connectivity index (χ0v) is 13.9. The number of rotatable bonds is 3. The Morgan fingerprint density at radius 1 is 1.12 bits per heavy atom. The largest absolute Gasteiger partial charge is 0.416 e. The van der Waals surface area contributed by atoms with E-state index in [4.69, 9.17) is 0 Å². The number of nitrogens with one attached hydrogen (secondary N) is 1. The highest BCUT2D eigenvalue weighted by Gasteiger charge is 2.32. The molecule has 0 aliphatic carbocycles. The fraction of sp³-hybridized carbons (Fsp3) is 0.467. The molecule has 0 unspecified atom stereocenters. The van der Waals surface area contributed by atoms with Gasteiger partial charge in [-0.1, -0.05) is 6.07 Å². The number of carbonyl (C=O) groups is 2. The van der Waals surface area contributed by atoms with E-state index in [1.165, 1.54) is 17.0 Å². The Kier molecular flexibility index (Phi) is 7.04. The van der Waals surface area contributed by atoms with E-state index in [1.54, 1.807) is 11.9 Å². The number of hydrogen-bond acceptors (Lipinski definition) is 3. The van der Waals surface area contributed by atoms with Crippen molar-refractivity contribution in [1.82, 2.24) is 15.1 Å². The Balaban J connectivity index is 0.00000288. The minimum atomic E-state index is -4.48. The molecule has 1 N–H and O–H groups in total. The van der Waals surface area contributed by atoms with Gasteiger partial charge in [-0.2, -0.15) is 13.2 Å². The van der Waals surface area contributed by atoms with Crippen molar-refractivity contribution in [3.8, 4) is 0 Å². The van der Waals surface area contributed by atoms with Crippen LogP contribution in [0.2, 0.25) is 0 Å². The molecule has 0 atom stereocenters. The Morgan fingerprint density at radius 3 is 2.25 bits per heavy atom. The van der Waals surface area contributed by atoms with Gasteiger partial charge in [0.15, 0.2) is 0 Å².